The van der Waals surface area contributed by atoms with Crippen molar-refractivity contribution in [2.75, 3.05) is 26.2 Å². The van der Waals surface area contributed by atoms with E-state index in [2.05, 4.69) is 35.1 Å². The fourth-order valence-corrected chi connectivity index (χ4v) is 2.76. The molecule has 1 aromatic rings. The van der Waals surface area contributed by atoms with Gasteiger partial charge in [-0.05, 0) is 49.9 Å². The van der Waals surface area contributed by atoms with Crippen LogP contribution in [-0.2, 0) is 6.42 Å². The van der Waals surface area contributed by atoms with Gasteiger partial charge in [0.25, 0.3) is 0 Å². The minimum absolute atomic E-state index is 0.603. The molecule has 0 aliphatic carbocycles. The van der Waals surface area contributed by atoms with Gasteiger partial charge in [-0.2, -0.15) is 0 Å². The van der Waals surface area contributed by atoms with E-state index >= 15 is 0 Å². The van der Waals surface area contributed by atoms with Gasteiger partial charge >= 0.3 is 0 Å². The predicted molar refractivity (Wildman–Crippen MR) is 80.2 cm³/mol. The average molecular weight is 261 g/mol. The van der Waals surface area contributed by atoms with Crippen LogP contribution in [0.1, 0.15) is 32.3 Å². The van der Waals surface area contributed by atoms with E-state index in [9.17, 15) is 0 Å². The number of nitrogens with zero attached hydrogens (tertiary/aromatic N) is 2. The Kier molecular flexibility index (Phi) is 5.80. The topological polar surface area (TPSA) is 28.2 Å². The van der Waals surface area contributed by atoms with Crippen LogP contribution in [0.3, 0.4) is 0 Å². The second-order valence-corrected chi connectivity index (χ2v) is 5.98. The monoisotopic (exact) mass is 261 g/mol. The van der Waals surface area contributed by atoms with Crippen LogP contribution in [0.25, 0.3) is 0 Å². The molecule has 0 bridgehead atoms. The second-order valence-electron chi connectivity index (χ2n) is 5.98. The van der Waals surface area contributed by atoms with Crippen LogP contribution in [0, 0.1) is 5.92 Å². The van der Waals surface area contributed by atoms with E-state index in [1.807, 2.05) is 18.5 Å². The Morgan fingerprint density at radius 2 is 2.37 bits per heavy atom. The van der Waals surface area contributed by atoms with Crippen LogP contribution in [0.5, 0.6) is 0 Å². The lowest BCUT2D eigenvalue weighted by molar-refractivity contribution is 0.172. The van der Waals surface area contributed by atoms with Gasteiger partial charge in [-0.3, -0.25) is 4.98 Å². The number of hydrogen-bond acceptors (Lipinski definition) is 3. The molecule has 0 amide bonds. The first-order valence-corrected chi connectivity index (χ1v) is 7.58. The molecule has 0 spiro atoms. The Morgan fingerprint density at radius 1 is 1.47 bits per heavy atom. The van der Waals surface area contributed by atoms with E-state index in [4.69, 9.17) is 0 Å². The largest absolute Gasteiger partial charge is 0.314 e. The molecule has 3 heteroatoms. The summed E-state index contributed by atoms with van der Waals surface area (Å²) in [4.78, 5) is 6.80. The molecule has 2 heterocycles. The molecule has 19 heavy (non-hydrogen) atoms. The Labute approximate surface area is 117 Å². The molecule has 3 nitrogen and oxygen atoms in total. The van der Waals surface area contributed by atoms with Crippen molar-refractivity contribution in [1.82, 2.24) is 15.2 Å². The van der Waals surface area contributed by atoms with Gasteiger partial charge in [0.05, 0.1) is 0 Å². The normalized spacial score (nSPS) is 20.9. The number of aromatic nitrogens is 1. The van der Waals surface area contributed by atoms with Gasteiger partial charge in [-0.15, -0.1) is 0 Å². The van der Waals surface area contributed by atoms with E-state index < -0.39 is 0 Å². The molecule has 106 valence electrons. The smallest absolute Gasteiger partial charge is 0.0300 e. The van der Waals surface area contributed by atoms with Crippen LogP contribution in [0.4, 0.5) is 0 Å². The summed E-state index contributed by atoms with van der Waals surface area (Å²) in [5.41, 5.74) is 1.35. The van der Waals surface area contributed by atoms with Gasteiger partial charge in [0.1, 0.15) is 0 Å². The fourth-order valence-electron chi connectivity index (χ4n) is 2.76. The maximum absolute atomic E-state index is 4.18. The number of rotatable bonds is 6. The average Bonchev–Trinajstić information content (AvgIpc) is 2.44. The van der Waals surface area contributed by atoms with Crippen molar-refractivity contribution in [2.24, 2.45) is 5.92 Å². The summed E-state index contributed by atoms with van der Waals surface area (Å²) >= 11 is 0. The van der Waals surface area contributed by atoms with Crippen molar-refractivity contribution >= 4 is 0 Å². The minimum atomic E-state index is 0.603. The van der Waals surface area contributed by atoms with Crippen molar-refractivity contribution in [2.45, 2.75) is 39.2 Å². The van der Waals surface area contributed by atoms with Gasteiger partial charge in [0.15, 0.2) is 0 Å². The van der Waals surface area contributed by atoms with Crippen molar-refractivity contribution < 1.29 is 0 Å². The Balaban J connectivity index is 1.72. The molecule has 0 saturated carbocycles. The number of pyridine rings is 1. The van der Waals surface area contributed by atoms with Crippen molar-refractivity contribution in [3.8, 4) is 0 Å². The third kappa shape index (κ3) is 5.29. The highest BCUT2D eigenvalue weighted by molar-refractivity contribution is 5.08. The summed E-state index contributed by atoms with van der Waals surface area (Å²) in [6.07, 6.45) is 7.68. The highest BCUT2D eigenvalue weighted by Crippen LogP contribution is 2.16. The number of likely N-dealkylation sites (tertiary alicyclic amines) is 1. The molecule has 1 aliphatic rings. The molecule has 2 rings (SSSR count). The van der Waals surface area contributed by atoms with Crippen LogP contribution in [-0.4, -0.2) is 42.1 Å². The Hall–Kier alpha value is -0.930. The first-order valence-electron chi connectivity index (χ1n) is 7.58. The molecule has 1 aliphatic heterocycles. The van der Waals surface area contributed by atoms with Crippen LogP contribution >= 0.6 is 0 Å². The second kappa shape index (κ2) is 7.61. The minimum Gasteiger partial charge on any atom is -0.314 e. The SMILES string of the molecule is CC(C)NCC1CCCN(CCc2cccnc2)C1. The first kappa shape index (κ1) is 14.5. The maximum atomic E-state index is 4.18. The zero-order valence-electron chi connectivity index (χ0n) is 12.3. The lowest BCUT2D eigenvalue weighted by Crippen LogP contribution is -2.41. The molecule has 1 N–H and O–H groups in total. The molecule has 1 saturated heterocycles. The summed E-state index contributed by atoms with van der Waals surface area (Å²) in [6.45, 7) is 9.30. The number of nitrogens with one attached hydrogen (secondary N) is 1. The highest BCUT2D eigenvalue weighted by atomic mass is 15.1. The predicted octanol–water partition coefficient (Wildman–Crippen LogP) is 2.33. The van der Waals surface area contributed by atoms with E-state index in [0.29, 0.717) is 6.04 Å². The highest BCUT2D eigenvalue weighted by Gasteiger charge is 2.19. The maximum Gasteiger partial charge on any atom is 0.0300 e. The summed E-state index contributed by atoms with van der Waals surface area (Å²) < 4.78 is 0. The van der Waals surface area contributed by atoms with Crippen molar-refractivity contribution in [1.29, 1.82) is 0 Å². The molecule has 0 radical (unpaired) electrons. The Bertz CT molecular complexity index is 350. The van der Waals surface area contributed by atoms with E-state index in [1.54, 1.807) is 0 Å². The van der Waals surface area contributed by atoms with Gasteiger partial charge in [0.2, 0.25) is 0 Å². The lowest BCUT2D eigenvalue weighted by Gasteiger charge is -2.33. The molecular formula is C16H27N3. The van der Waals surface area contributed by atoms with E-state index in [-0.39, 0.29) is 0 Å². The summed E-state index contributed by atoms with van der Waals surface area (Å²) in [5, 5.41) is 3.57. The van der Waals surface area contributed by atoms with Crippen LogP contribution in [0.2, 0.25) is 0 Å². The van der Waals surface area contributed by atoms with Crippen molar-refractivity contribution in [3.05, 3.63) is 30.1 Å². The number of piperidine rings is 1. The standard InChI is InChI=1S/C16H27N3/c1-14(2)18-12-16-6-4-9-19(13-16)10-7-15-5-3-8-17-11-15/h3,5,8,11,14,16,18H,4,6-7,9-10,12-13H2,1-2H3. The molecule has 1 fully saturated rings. The van der Waals surface area contributed by atoms with Crippen LogP contribution in [0.15, 0.2) is 24.5 Å². The van der Waals surface area contributed by atoms with Crippen molar-refractivity contribution in [3.63, 3.8) is 0 Å². The quantitative estimate of drug-likeness (QED) is 0.852. The summed E-state index contributed by atoms with van der Waals surface area (Å²) in [6, 6.07) is 4.81. The third-order valence-electron chi connectivity index (χ3n) is 3.86. The van der Waals surface area contributed by atoms with Gasteiger partial charge < -0.3 is 10.2 Å². The van der Waals surface area contributed by atoms with E-state index in [0.717, 1.165) is 12.3 Å². The number of hydrogen-bond donors (Lipinski definition) is 1. The summed E-state index contributed by atoms with van der Waals surface area (Å²) in [7, 11) is 0. The van der Waals surface area contributed by atoms with Crippen LogP contribution < -0.4 is 5.32 Å². The van der Waals surface area contributed by atoms with Gasteiger partial charge in [-0.25, -0.2) is 0 Å². The molecule has 1 unspecified atom stereocenters. The van der Waals surface area contributed by atoms with Gasteiger partial charge in [-0.1, -0.05) is 19.9 Å². The van der Waals surface area contributed by atoms with Gasteiger partial charge in [0, 0.05) is 31.5 Å². The van der Waals surface area contributed by atoms with E-state index in [1.165, 1.54) is 44.6 Å². The summed E-state index contributed by atoms with van der Waals surface area (Å²) in [5.74, 6) is 0.824. The first-order chi connectivity index (χ1) is 9.24. The third-order valence-corrected chi connectivity index (χ3v) is 3.86. The zero-order valence-corrected chi connectivity index (χ0v) is 12.3. The molecule has 0 aromatic carbocycles. The molecular weight excluding hydrogens is 234 g/mol. The fraction of sp³-hybridized carbons (Fsp3) is 0.688. The molecule has 1 atom stereocenters. The molecule has 1 aromatic heterocycles. The zero-order chi connectivity index (χ0) is 13.5. The Morgan fingerprint density at radius 3 is 3.11 bits per heavy atom. The lowest BCUT2D eigenvalue weighted by atomic mass is 9.97.